The lowest BCUT2D eigenvalue weighted by Crippen LogP contribution is -2.30. The van der Waals surface area contributed by atoms with Gasteiger partial charge >= 0.3 is 0 Å². The van der Waals surface area contributed by atoms with Crippen LogP contribution >= 0.6 is 11.8 Å². The van der Waals surface area contributed by atoms with E-state index in [1.165, 1.54) is 11.8 Å². The first kappa shape index (κ1) is 28.3. The number of hydrogen-bond acceptors (Lipinski definition) is 8. The Bertz CT molecular complexity index is 1510. The minimum Gasteiger partial charge on any atom is -0.494 e. The van der Waals surface area contributed by atoms with E-state index in [1.54, 1.807) is 24.3 Å². The van der Waals surface area contributed by atoms with Crippen molar-refractivity contribution in [1.29, 1.82) is 0 Å². The summed E-state index contributed by atoms with van der Waals surface area (Å²) in [5, 5.41) is 11.1. The topological polar surface area (TPSA) is 97.4 Å². The molecule has 9 heteroatoms. The second-order valence-electron chi connectivity index (χ2n) is 9.64. The number of nitrogens with one attached hydrogen (secondary N) is 3. The Morgan fingerprint density at radius 1 is 1.00 bits per heavy atom. The molecular formula is C32H33N5O3S. The first-order chi connectivity index (χ1) is 20.1. The first-order valence-corrected chi connectivity index (χ1v) is 14.7. The largest absolute Gasteiger partial charge is 0.494 e. The smallest absolute Gasteiger partial charge is 0.255 e. The zero-order chi connectivity index (χ0) is 28.4. The van der Waals surface area contributed by atoms with Crippen molar-refractivity contribution >= 4 is 45.8 Å². The molecule has 1 saturated heterocycles. The van der Waals surface area contributed by atoms with Gasteiger partial charge < -0.3 is 25.4 Å². The number of thioether (sulfide) groups is 1. The van der Waals surface area contributed by atoms with Crippen molar-refractivity contribution in [3.8, 4) is 23.8 Å². The number of benzene rings is 3. The normalized spacial score (nSPS) is 13.4. The van der Waals surface area contributed by atoms with Crippen LogP contribution in [0.15, 0.2) is 71.9 Å². The third-order valence-electron chi connectivity index (χ3n) is 6.71. The van der Waals surface area contributed by atoms with Gasteiger partial charge in [0.05, 0.1) is 24.5 Å². The number of piperidine rings is 1. The molecule has 8 nitrogen and oxygen atoms in total. The Kier molecular flexibility index (Phi) is 9.57. The molecule has 1 aliphatic rings. The number of nitrogens with zero attached hydrogens (tertiary/aromatic N) is 2. The maximum absolute atomic E-state index is 12.9. The second-order valence-corrected chi connectivity index (χ2v) is 10.6. The van der Waals surface area contributed by atoms with E-state index in [0.29, 0.717) is 40.5 Å². The lowest BCUT2D eigenvalue weighted by atomic mass is 9.99. The number of carbonyl (C=O) groups excluding carboxylic acids is 1. The molecule has 1 aliphatic heterocycles. The summed E-state index contributed by atoms with van der Waals surface area (Å²) in [4.78, 5) is 22.3. The average molecular weight is 568 g/mol. The molecule has 41 heavy (non-hydrogen) atoms. The highest BCUT2D eigenvalue weighted by Crippen LogP contribution is 2.30. The Labute approximate surface area is 244 Å². The van der Waals surface area contributed by atoms with Crippen LogP contribution in [0.3, 0.4) is 0 Å². The molecular weight excluding hydrogens is 534 g/mol. The molecule has 2 heterocycles. The summed E-state index contributed by atoms with van der Waals surface area (Å²) in [6.07, 6.45) is 7.75. The number of anilines is 3. The van der Waals surface area contributed by atoms with Gasteiger partial charge in [0.15, 0.2) is 5.16 Å². The number of terminal acetylenes is 1. The van der Waals surface area contributed by atoms with Gasteiger partial charge in [0.1, 0.15) is 17.3 Å². The molecule has 1 aromatic heterocycles. The third kappa shape index (κ3) is 7.69. The van der Waals surface area contributed by atoms with E-state index in [2.05, 4.69) is 26.9 Å². The van der Waals surface area contributed by atoms with Crippen molar-refractivity contribution in [3.05, 3.63) is 72.3 Å². The van der Waals surface area contributed by atoms with E-state index in [9.17, 15) is 4.79 Å². The molecule has 3 N–H and O–H groups in total. The molecule has 1 amide bonds. The molecule has 5 rings (SSSR count). The number of carbonyl (C=O) groups is 1. The van der Waals surface area contributed by atoms with Crippen molar-refractivity contribution in [2.45, 2.75) is 24.9 Å². The zero-order valence-corrected chi connectivity index (χ0v) is 23.8. The van der Waals surface area contributed by atoms with Crippen LogP contribution in [-0.4, -0.2) is 47.9 Å². The van der Waals surface area contributed by atoms with Gasteiger partial charge in [-0.3, -0.25) is 4.79 Å². The third-order valence-corrected chi connectivity index (χ3v) is 7.46. The fraction of sp³-hybridized carbons (Fsp3) is 0.281. The van der Waals surface area contributed by atoms with Crippen molar-refractivity contribution in [2.24, 2.45) is 5.92 Å². The van der Waals surface area contributed by atoms with E-state index in [0.717, 1.165) is 60.6 Å². The van der Waals surface area contributed by atoms with E-state index in [4.69, 9.17) is 20.9 Å². The summed E-state index contributed by atoms with van der Waals surface area (Å²) in [5.74, 6) is 5.64. The minimum absolute atomic E-state index is 0.218. The molecule has 0 spiro atoms. The zero-order valence-electron chi connectivity index (χ0n) is 23.0. The standard InChI is InChI=1S/C32H33N5O3S/c1-3-19-41-32-36-29-14-9-25(35-31(38)23-5-10-26(11-6-23)39-4-2)20-28(29)30(37-32)34-24-7-12-27(13-8-24)40-21-22-15-17-33-18-16-22/h1,5-14,20,22,33H,4,15-19,21H2,2H3,(H,35,38)(H,34,36,37). The number of ether oxygens (including phenoxy) is 2. The Hall–Kier alpha value is -4.26. The van der Waals surface area contributed by atoms with Crippen LogP contribution in [0, 0.1) is 18.3 Å². The first-order valence-electron chi connectivity index (χ1n) is 13.7. The number of rotatable bonds is 11. The van der Waals surface area contributed by atoms with Crippen molar-refractivity contribution in [1.82, 2.24) is 15.3 Å². The highest BCUT2D eigenvalue weighted by atomic mass is 32.2. The molecule has 1 fully saturated rings. The highest BCUT2D eigenvalue weighted by molar-refractivity contribution is 7.99. The van der Waals surface area contributed by atoms with Gasteiger partial charge in [-0.2, -0.15) is 0 Å². The molecule has 0 saturated carbocycles. The summed E-state index contributed by atoms with van der Waals surface area (Å²) in [7, 11) is 0. The van der Waals surface area contributed by atoms with Crippen LogP contribution in [0.5, 0.6) is 11.5 Å². The van der Waals surface area contributed by atoms with Gasteiger partial charge in [0, 0.05) is 22.3 Å². The summed E-state index contributed by atoms with van der Waals surface area (Å²) in [6, 6.07) is 20.5. The summed E-state index contributed by atoms with van der Waals surface area (Å²) >= 11 is 1.40. The lowest BCUT2D eigenvalue weighted by molar-refractivity contribution is 0.102. The molecule has 0 radical (unpaired) electrons. The van der Waals surface area contributed by atoms with Gasteiger partial charge in [0.2, 0.25) is 0 Å². The van der Waals surface area contributed by atoms with Crippen LogP contribution < -0.4 is 25.4 Å². The molecule has 210 valence electrons. The number of amides is 1. The number of aromatic nitrogens is 2. The van der Waals surface area contributed by atoms with Crippen LogP contribution in [0.25, 0.3) is 10.9 Å². The summed E-state index contributed by atoms with van der Waals surface area (Å²) < 4.78 is 11.5. The van der Waals surface area contributed by atoms with Crippen molar-refractivity contribution < 1.29 is 14.3 Å². The predicted molar refractivity (Wildman–Crippen MR) is 165 cm³/mol. The Morgan fingerprint density at radius 3 is 2.44 bits per heavy atom. The summed E-state index contributed by atoms with van der Waals surface area (Å²) in [5.41, 5.74) is 2.76. The number of fused-ring (bicyclic) bond motifs is 1. The Balaban J connectivity index is 1.34. The fourth-order valence-corrected chi connectivity index (χ4v) is 5.09. The monoisotopic (exact) mass is 567 g/mol. The molecule has 3 aromatic carbocycles. The maximum Gasteiger partial charge on any atom is 0.255 e. The minimum atomic E-state index is -0.218. The van der Waals surface area contributed by atoms with E-state index >= 15 is 0 Å². The van der Waals surface area contributed by atoms with Gasteiger partial charge in [0.25, 0.3) is 5.91 Å². The van der Waals surface area contributed by atoms with Gasteiger partial charge in [-0.25, -0.2) is 9.97 Å². The maximum atomic E-state index is 12.9. The molecule has 0 atom stereocenters. The average Bonchev–Trinajstić information content (AvgIpc) is 3.01. The SMILES string of the molecule is C#CCSc1nc(Nc2ccc(OCC3CCNCC3)cc2)c2cc(NC(=O)c3ccc(OCC)cc3)ccc2n1. The molecule has 4 aromatic rings. The molecule has 0 bridgehead atoms. The second kappa shape index (κ2) is 13.9. The van der Waals surface area contributed by atoms with Crippen LogP contribution in [0.4, 0.5) is 17.2 Å². The van der Waals surface area contributed by atoms with E-state index in [-0.39, 0.29) is 5.91 Å². The lowest BCUT2D eigenvalue weighted by Gasteiger charge is -2.22. The van der Waals surface area contributed by atoms with Gasteiger partial charge in [-0.05, 0) is 106 Å². The quantitative estimate of drug-likeness (QED) is 0.113. The van der Waals surface area contributed by atoms with E-state index < -0.39 is 0 Å². The fourth-order valence-electron chi connectivity index (χ4n) is 4.56. The molecule has 0 unspecified atom stereocenters. The van der Waals surface area contributed by atoms with Crippen molar-refractivity contribution in [3.63, 3.8) is 0 Å². The van der Waals surface area contributed by atoms with Crippen molar-refractivity contribution in [2.75, 3.05) is 42.7 Å². The van der Waals surface area contributed by atoms with E-state index in [1.807, 2.05) is 49.4 Å². The van der Waals surface area contributed by atoms with Crippen LogP contribution in [-0.2, 0) is 0 Å². The predicted octanol–water partition coefficient (Wildman–Crippen LogP) is 6.13. The molecule has 0 aliphatic carbocycles. The highest BCUT2D eigenvalue weighted by Gasteiger charge is 2.15. The van der Waals surface area contributed by atoms with Gasteiger partial charge in [-0.15, -0.1) is 6.42 Å². The Morgan fingerprint density at radius 2 is 1.71 bits per heavy atom. The van der Waals surface area contributed by atoms with Crippen LogP contribution in [0.2, 0.25) is 0 Å². The van der Waals surface area contributed by atoms with Crippen LogP contribution in [0.1, 0.15) is 30.1 Å². The number of hydrogen-bond donors (Lipinski definition) is 3. The van der Waals surface area contributed by atoms with Gasteiger partial charge in [-0.1, -0.05) is 17.7 Å². The summed E-state index contributed by atoms with van der Waals surface area (Å²) in [6.45, 7) is 5.33.